The molecule has 2 atom stereocenters. The highest BCUT2D eigenvalue weighted by atomic mass is 79.9. The fourth-order valence-corrected chi connectivity index (χ4v) is 3.48. The minimum absolute atomic E-state index is 0.171. The highest BCUT2D eigenvalue weighted by molar-refractivity contribution is 9.10. The Balaban J connectivity index is 1.71. The smallest absolute Gasteiger partial charge is 0.312 e. The summed E-state index contributed by atoms with van der Waals surface area (Å²) in [5.41, 5.74) is 3.04. The first-order valence-corrected chi connectivity index (χ1v) is 9.33. The summed E-state index contributed by atoms with van der Waals surface area (Å²) in [4.78, 5) is 26.6. The van der Waals surface area contributed by atoms with E-state index < -0.39 is 11.8 Å². The van der Waals surface area contributed by atoms with Crippen LogP contribution in [0.1, 0.15) is 29.7 Å². The van der Waals surface area contributed by atoms with Crippen molar-refractivity contribution in [3.63, 3.8) is 0 Å². The van der Waals surface area contributed by atoms with E-state index in [2.05, 4.69) is 21.2 Å². The highest BCUT2D eigenvalue weighted by Gasteiger charge is 2.33. The molecular formula is C20H21BrN2O3. The number of carbonyl (C=O) groups excluding carboxylic acids is 2. The normalized spacial score (nSPS) is 17.3. The van der Waals surface area contributed by atoms with Crippen LogP contribution >= 0.6 is 15.9 Å². The number of nitrogens with zero attached hydrogens (tertiary/aromatic N) is 1. The third-order valence-corrected chi connectivity index (χ3v) is 5.27. The predicted molar refractivity (Wildman–Crippen MR) is 102 cm³/mol. The third kappa shape index (κ3) is 3.97. The van der Waals surface area contributed by atoms with Gasteiger partial charge < -0.3 is 15.3 Å². The lowest BCUT2D eigenvalue weighted by Gasteiger charge is -2.35. The van der Waals surface area contributed by atoms with Gasteiger partial charge in [-0.15, -0.1) is 0 Å². The second-order valence-corrected chi connectivity index (χ2v) is 7.40. The lowest BCUT2D eigenvalue weighted by atomic mass is 9.94. The number of hydrogen-bond acceptors (Lipinski definition) is 3. The van der Waals surface area contributed by atoms with Gasteiger partial charge in [0.15, 0.2) is 0 Å². The molecule has 0 radical (unpaired) electrons. The Morgan fingerprint density at radius 3 is 2.50 bits per heavy atom. The summed E-state index contributed by atoms with van der Waals surface area (Å²) >= 11 is 3.38. The molecule has 2 amide bonds. The lowest BCUT2D eigenvalue weighted by molar-refractivity contribution is -0.149. The van der Waals surface area contributed by atoms with Gasteiger partial charge in [0.2, 0.25) is 0 Å². The third-order valence-electron chi connectivity index (χ3n) is 4.74. The summed E-state index contributed by atoms with van der Waals surface area (Å²) in [6, 6.07) is 14.7. The molecule has 0 saturated heterocycles. The molecule has 0 aromatic heterocycles. The lowest BCUT2D eigenvalue weighted by Crippen LogP contribution is -2.51. The minimum atomic E-state index is -0.654. The molecule has 1 aliphatic rings. The van der Waals surface area contributed by atoms with Crippen LogP contribution in [0.2, 0.25) is 0 Å². The molecule has 1 aliphatic heterocycles. The summed E-state index contributed by atoms with van der Waals surface area (Å²) in [5.74, 6) is -1.26. The van der Waals surface area contributed by atoms with Gasteiger partial charge in [0.1, 0.15) is 0 Å². The van der Waals surface area contributed by atoms with E-state index in [-0.39, 0.29) is 18.7 Å². The largest absolute Gasteiger partial charge is 0.394 e. The standard InChI is InChI=1S/C20H21BrN2O3/c1-13(14-6-8-17(21)9-7-14)22-19(25)20(26)23-11-16-5-3-2-4-15(16)10-18(23)12-24/h2-9,13,18,24H,10-12H2,1H3,(H,22,25)/t13-,18+/m0/s1. The maximum absolute atomic E-state index is 12.7. The van der Waals surface area contributed by atoms with E-state index in [1.807, 2.05) is 55.5 Å². The van der Waals surface area contributed by atoms with Crippen LogP contribution in [0.3, 0.4) is 0 Å². The van der Waals surface area contributed by atoms with Gasteiger partial charge in [-0.05, 0) is 42.2 Å². The molecule has 0 unspecified atom stereocenters. The van der Waals surface area contributed by atoms with Gasteiger partial charge in [-0.3, -0.25) is 9.59 Å². The van der Waals surface area contributed by atoms with Gasteiger partial charge >= 0.3 is 11.8 Å². The van der Waals surface area contributed by atoms with Gasteiger partial charge in [0.25, 0.3) is 0 Å². The number of aliphatic hydroxyl groups excluding tert-OH is 1. The molecule has 2 aromatic rings. The Labute approximate surface area is 161 Å². The van der Waals surface area contributed by atoms with Crippen molar-refractivity contribution in [2.24, 2.45) is 0 Å². The second kappa shape index (κ2) is 8.01. The first-order valence-electron chi connectivity index (χ1n) is 8.54. The molecule has 6 heteroatoms. The fourth-order valence-electron chi connectivity index (χ4n) is 3.21. The molecule has 5 nitrogen and oxygen atoms in total. The van der Waals surface area contributed by atoms with Crippen molar-refractivity contribution in [1.29, 1.82) is 0 Å². The Hall–Kier alpha value is -2.18. The summed E-state index contributed by atoms with van der Waals surface area (Å²) < 4.78 is 0.952. The van der Waals surface area contributed by atoms with Crippen LogP contribution in [0.25, 0.3) is 0 Å². The number of rotatable bonds is 3. The minimum Gasteiger partial charge on any atom is -0.394 e. The number of fused-ring (bicyclic) bond motifs is 1. The maximum atomic E-state index is 12.7. The van der Waals surface area contributed by atoms with E-state index in [0.717, 1.165) is 21.2 Å². The fraction of sp³-hybridized carbons (Fsp3) is 0.300. The van der Waals surface area contributed by atoms with Crippen LogP contribution in [-0.4, -0.2) is 34.5 Å². The maximum Gasteiger partial charge on any atom is 0.312 e. The first-order chi connectivity index (χ1) is 12.5. The van der Waals surface area contributed by atoms with Gasteiger partial charge in [0, 0.05) is 11.0 Å². The average Bonchev–Trinajstić information content (AvgIpc) is 2.66. The number of hydrogen-bond donors (Lipinski definition) is 2. The Kier molecular flexibility index (Phi) is 5.74. The molecule has 26 heavy (non-hydrogen) atoms. The van der Waals surface area contributed by atoms with E-state index in [9.17, 15) is 14.7 Å². The number of carbonyl (C=O) groups is 2. The van der Waals surface area contributed by atoms with E-state index in [1.54, 1.807) is 0 Å². The number of aliphatic hydroxyl groups is 1. The van der Waals surface area contributed by atoms with Crippen molar-refractivity contribution < 1.29 is 14.7 Å². The van der Waals surface area contributed by atoms with Crippen LogP contribution in [0.4, 0.5) is 0 Å². The second-order valence-electron chi connectivity index (χ2n) is 6.49. The van der Waals surface area contributed by atoms with E-state index in [4.69, 9.17) is 0 Å². The van der Waals surface area contributed by atoms with Crippen LogP contribution < -0.4 is 5.32 Å². The molecule has 1 heterocycles. The number of amides is 2. The molecule has 3 rings (SSSR count). The van der Waals surface area contributed by atoms with Crippen molar-refractivity contribution in [2.45, 2.75) is 32.0 Å². The van der Waals surface area contributed by atoms with Crippen LogP contribution in [-0.2, 0) is 22.6 Å². The average molecular weight is 417 g/mol. The zero-order valence-electron chi connectivity index (χ0n) is 14.5. The zero-order chi connectivity index (χ0) is 18.7. The monoisotopic (exact) mass is 416 g/mol. The number of nitrogens with one attached hydrogen (secondary N) is 1. The Morgan fingerprint density at radius 1 is 1.19 bits per heavy atom. The van der Waals surface area contributed by atoms with E-state index in [1.165, 1.54) is 4.90 Å². The van der Waals surface area contributed by atoms with Gasteiger partial charge in [-0.25, -0.2) is 0 Å². The molecule has 0 fully saturated rings. The summed E-state index contributed by atoms with van der Waals surface area (Å²) in [6.45, 7) is 2.00. The quantitative estimate of drug-likeness (QED) is 0.755. The van der Waals surface area contributed by atoms with Crippen LogP contribution in [0, 0.1) is 0 Å². The summed E-state index contributed by atoms with van der Waals surface area (Å²) in [5, 5.41) is 12.4. The molecule has 0 bridgehead atoms. The summed E-state index contributed by atoms with van der Waals surface area (Å²) in [7, 11) is 0. The van der Waals surface area contributed by atoms with E-state index >= 15 is 0 Å². The van der Waals surface area contributed by atoms with Gasteiger partial charge in [0.05, 0.1) is 18.7 Å². The van der Waals surface area contributed by atoms with E-state index in [0.29, 0.717) is 13.0 Å². The topological polar surface area (TPSA) is 69.6 Å². The van der Waals surface area contributed by atoms with Gasteiger partial charge in [-0.2, -0.15) is 0 Å². The van der Waals surface area contributed by atoms with Crippen molar-refractivity contribution in [2.75, 3.05) is 6.61 Å². The highest BCUT2D eigenvalue weighted by Crippen LogP contribution is 2.23. The molecule has 0 aliphatic carbocycles. The zero-order valence-corrected chi connectivity index (χ0v) is 16.1. The van der Waals surface area contributed by atoms with Crippen LogP contribution in [0.5, 0.6) is 0 Å². The molecule has 0 saturated carbocycles. The van der Waals surface area contributed by atoms with Gasteiger partial charge in [-0.1, -0.05) is 52.3 Å². The Morgan fingerprint density at radius 2 is 1.85 bits per heavy atom. The molecule has 2 aromatic carbocycles. The first kappa shape index (κ1) is 18.6. The van der Waals surface area contributed by atoms with Crippen molar-refractivity contribution in [1.82, 2.24) is 10.2 Å². The molecule has 2 N–H and O–H groups in total. The number of halogens is 1. The van der Waals surface area contributed by atoms with Crippen LogP contribution in [0.15, 0.2) is 53.0 Å². The van der Waals surface area contributed by atoms with Crippen molar-refractivity contribution in [3.8, 4) is 0 Å². The van der Waals surface area contributed by atoms with Crippen molar-refractivity contribution in [3.05, 3.63) is 69.7 Å². The SMILES string of the molecule is C[C@H](NC(=O)C(=O)N1Cc2ccccc2C[C@@H]1CO)c1ccc(Br)cc1. The summed E-state index contributed by atoms with van der Waals surface area (Å²) in [6.07, 6.45) is 0.550. The predicted octanol–water partition coefficient (Wildman–Crippen LogP) is 2.57. The molecular weight excluding hydrogens is 396 g/mol. The Bertz CT molecular complexity index is 807. The van der Waals surface area contributed by atoms with Crippen molar-refractivity contribution >= 4 is 27.7 Å². The number of benzene rings is 2. The molecule has 136 valence electrons. The molecule has 0 spiro atoms.